The number of aromatic amines is 1. The van der Waals surface area contributed by atoms with Gasteiger partial charge in [0.2, 0.25) is 0 Å². The van der Waals surface area contributed by atoms with Crippen LogP contribution in [0.3, 0.4) is 0 Å². The van der Waals surface area contributed by atoms with Crippen LogP contribution in [0, 0.1) is 0 Å². The van der Waals surface area contributed by atoms with Crippen LogP contribution < -0.4 is 5.32 Å². The Kier molecular flexibility index (Phi) is 5.85. The van der Waals surface area contributed by atoms with Crippen LogP contribution in [0.15, 0.2) is 36.4 Å². The van der Waals surface area contributed by atoms with Crippen LogP contribution in [0.1, 0.15) is 33.4 Å². The second-order valence-electron chi connectivity index (χ2n) is 7.55. The third-order valence-corrected chi connectivity index (χ3v) is 5.66. The van der Waals surface area contributed by atoms with E-state index in [4.69, 9.17) is 16.3 Å². The molecule has 2 aromatic carbocycles. The van der Waals surface area contributed by atoms with E-state index in [1.807, 2.05) is 24.3 Å². The summed E-state index contributed by atoms with van der Waals surface area (Å²) >= 11 is 6.07. The molecule has 0 aliphatic carbocycles. The number of nitrogens with one attached hydrogen (secondary N) is 2. The van der Waals surface area contributed by atoms with Crippen LogP contribution in [0.2, 0.25) is 5.02 Å². The van der Waals surface area contributed by atoms with Crippen molar-refractivity contribution in [1.29, 1.82) is 0 Å². The number of aromatic nitrogens is 2. The predicted molar refractivity (Wildman–Crippen MR) is 115 cm³/mol. The molecular formula is C22H25ClN4O2. The molecule has 1 aromatic heterocycles. The lowest BCUT2D eigenvalue weighted by molar-refractivity contribution is 0.0892. The van der Waals surface area contributed by atoms with Gasteiger partial charge < -0.3 is 19.9 Å². The first-order valence-electron chi connectivity index (χ1n) is 9.79. The van der Waals surface area contributed by atoms with Gasteiger partial charge in [0.15, 0.2) is 0 Å². The van der Waals surface area contributed by atoms with Crippen molar-refractivity contribution < 1.29 is 9.53 Å². The molecule has 152 valence electrons. The van der Waals surface area contributed by atoms with Gasteiger partial charge >= 0.3 is 0 Å². The summed E-state index contributed by atoms with van der Waals surface area (Å²) in [6.07, 6.45) is 1.97. The molecule has 1 atom stereocenters. The molecular weight excluding hydrogens is 388 g/mol. The maximum Gasteiger partial charge on any atom is 0.251 e. The van der Waals surface area contributed by atoms with E-state index in [0.717, 1.165) is 37.0 Å². The molecule has 0 bridgehead atoms. The molecule has 0 unspecified atom stereocenters. The van der Waals surface area contributed by atoms with Gasteiger partial charge in [0, 0.05) is 30.8 Å². The summed E-state index contributed by atoms with van der Waals surface area (Å²) in [6.45, 7) is 2.37. The Hall–Kier alpha value is -2.41. The Morgan fingerprint density at radius 2 is 2.03 bits per heavy atom. The van der Waals surface area contributed by atoms with Crippen molar-refractivity contribution >= 4 is 28.5 Å². The third kappa shape index (κ3) is 4.45. The number of likely N-dealkylation sites (N-methyl/N-ethyl adjacent to an activating group) is 1. The summed E-state index contributed by atoms with van der Waals surface area (Å²) < 4.78 is 5.33. The number of halogens is 1. The SMILES string of the molecule is COC[C@H](NC(=O)c1ccc2c(c1)CCN(C)CC2)c1nc2ccc(Cl)cc2[nH]1. The molecule has 2 heterocycles. The number of amides is 1. The van der Waals surface area contributed by atoms with E-state index in [-0.39, 0.29) is 11.9 Å². The van der Waals surface area contributed by atoms with Gasteiger partial charge in [-0.2, -0.15) is 0 Å². The van der Waals surface area contributed by atoms with Gasteiger partial charge in [-0.15, -0.1) is 0 Å². The molecule has 0 radical (unpaired) electrons. The van der Waals surface area contributed by atoms with E-state index in [1.54, 1.807) is 13.2 Å². The molecule has 0 spiro atoms. The molecule has 1 aliphatic heterocycles. The highest BCUT2D eigenvalue weighted by Crippen LogP contribution is 2.22. The molecule has 1 amide bonds. The Morgan fingerprint density at radius 1 is 1.24 bits per heavy atom. The van der Waals surface area contributed by atoms with Gasteiger partial charge in [0.05, 0.1) is 17.6 Å². The molecule has 2 N–H and O–H groups in total. The molecule has 0 fully saturated rings. The molecule has 7 heteroatoms. The quantitative estimate of drug-likeness (QED) is 0.674. The van der Waals surface area contributed by atoms with E-state index < -0.39 is 0 Å². The summed E-state index contributed by atoms with van der Waals surface area (Å²) in [7, 11) is 3.74. The lowest BCUT2D eigenvalue weighted by atomic mass is 9.99. The summed E-state index contributed by atoms with van der Waals surface area (Å²) in [5, 5.41) is 3.69. The van der Waals surface area contributed by atoms with Crippen molar-refractivity contribution in [2.45, 2.75) is 18.9 Å². The van der Waals surface area contributed by atoms with Crippen LogP contribution in [0.25, 0.3) is 11.0 Å². The van der Waals surface area contributed by atoms with Crippen LogP contribution in [0.5, 0.6) is 0 Å². The minimum absolute atomic E-state index is 0.133. The summed E-state index contributed by atoms with van der Waals surface area (Å²) in [6, 6.07) is 11.1. The Balaban J connectivity index is 1.56. The van der Waals surface area contributed by atoms with Crippen LogP contribution in [-0.4, -0.2) is 54.6 Å². The summed E-state index contributed by atoms with van der Waals surface area (Å²) in [4.78, 5) is 23.1. The number of carbonyl (C=O) groups excluding carboxylic acids is 1. The lowest BCUT2D eigenvalue weighted by Gasteiger charge is -2.16. The molecule has 0 saturated carbocycles. The highest BCUT2D eigenvalue weighted by Gasteiger charge is 2.21. The maximum atomic E-state index is 13.0. The number of hydrogen-bond acceptors (Lipinski definition) is 4. The van der Waals surface area contributed by atoms with E-state index in [2.05, 4.69) is 33.3 Å². The van der Waals surface area contributed by atoms with Crippen molar-refractivity contribution in [3.63, 3.8) is 0 Å². The van der Waals surface area contributed by atoms with Crippen molar-refractivity contribution in [3.05, 3.63) is 63.9 Å². The number of hydrogen-bond donors (Lipinski definition) is 2. The zero-order chi connectivity index (χ0) is 20.4. The van der Waals surface area contributed by atoms with Gasteiger partial charge in [-0.3, -0.25) is 4.79 Å². The van der Waals surface area contributed by atoms with Crippen LogP contribution in [-0.2, 0) is 17.6 Å². The second kappa shape index (κ2) is 8.53. The minimum Gasteiger partial charge on any atom is -0.382 e. The minimum atomic E-state index is -0.386. The van der Waals surface area contributed by atoms with Crippen molar-refractivity contribution in [2.75, 3.05) is 33.9 Å². The maximum absolute atomic E-state index is 13.0. The topological polar surface area (TPSA) is 70.2 Å². The molecule has 4 rings (SSSR count). The standard InChI is InChI=1S/C22H25ClN4O2/c1-27-9-7-14-3-4-16(11-15(14)8-10-27)22(28)26-20(13-29-2)21-24-18-6-5-17(23)12-19(18)25-21/h3-6,11-12,20H,7-10,13H2,1-2H3,(H,24,25)(H,26,28)/t20-/m0/s1. The fourth-order valence-corrected chi connectivity index (χ4v) is 3.91. The number of H-pyrrole nitrogens is 1. The third-order valence-electron chi connectivity index (χ3n) is 5.43. The zero-order valence-electron chi connectivity index (χ0n) is 16.7. The van der Waals surface area contributed by atoms with Gasteiger partial charge in [-0.25, -0.2) is 4.98 Å². The summed E-state index contributed by atoms with van der Waals surface area (Å²) in [5.74, 6) is 0.514. The molecule has 29 heavy (non-hydrogen) atoms. The Labute approximate surface area is 175 Å². The van der Waals surface area contributed by atoms with Gasteiger partial charge in [0.25, 0.3) is 5.91 Å². The lowest BCUT2D eigenvalue weighted by Crippen LogP contribution is -2.32. The monoisotopic (exact) mass is 412 g/mol. The largest absolute Gasteiger partial charge is 0.382 e. The Bertz CT molecular complexity index is 1030. The van der Waals surface area contributed by atoms with E-state index in [9.17, 15) is 4.79 Å². The molecule has 6 nitrogen and oxygen atoms in total. The fraction of sp³-hybridized carbons (Fsp3) is 0.364. The number of imidazole rings is 1. The number of methoxy groups -OCH3 is 1. The first kappa shape index (κ1) is 19.9. The molecule has 1 aliphatic rings. The Morgan fingerprint density at radius 3 is 2.83 bits per heavy atom. The average Bonchev–Trinajstić information content (AvgIpc) is 3.04. The number of benzene rings is 2. The molecule has 3 aromatic rings. The predicted octanol–water partition coefficient (Wildman–Crippen LogP) is 3.36. The highest BCUT2D eigenvalue weighted by atomic mass is 35.5. The average molecular weight is 413 g/mol. The van der Waals surface area contributed by atoms with E-state index in [0.29, 0.717) is 23.0 Å². The van der Waals surface area contributed by atoms with Crippen LogP contribution in [0.4, 0.5) is 0 Å². The zero-order valence-corrected chi connectivity index (χ0v) is 17.4. The van der Waals surface area contributed by atoms with Gasteiger partial charge in [0.1, 0.15) is 11.9 Å². The second-order valence-corrected chi connectivity index (χ2v) is 7.99. The van der Waals surface area contributed by atoms with E-state index in [1.165, 1.54) is 11.1 Å². The van der Waals surface area contributed by atoms with Crippen LogP contribution >= 0.6 is 11.6 Å². The number of nitrogens with zero attached hydrogens (tertiary/aromatic N) is 2. The smallest absolute Gasteiger partial charge is 0.251 e. The normalized spacial score (nSPS) is 15.7. The summed E-state index contributed by atoms with van der Waals surface area (Å²) in [5.41, 5.74) is 4.87. The number of fused-ring (bicyclic) bond motifs is 2. The van der Waals surface area contributed by atoms with E-state index >= 15 is 0 Å². The fourth-order valence-electron chi connectivity index (χ4n) is 3.74. The van der Waals surface area contributed by atoms with Gasteiger partial charge in [-0.1, -0.05) is 17.7 Å². The molecule has 0 saturated heterocycles. The number of rotatable bonds is 5. The first-order valence-corrected chi connectivity index (χ1v) is 10.2. The van der Waals surface area contributed by atoms with Gasteiger partial charge in [-0.05, 0) is 61.3 Å². The number of carbonyl (C=O) groups is 1. The first-order chi connectivity index (χ1) is 14.0. The number of ether oxygens (including phenoxy) is 1. The highest BCUT2D eigenvalue weighted by molar-refractivity contribution is 6.31. The van der Waals surface area contributed by atoms with Crippen molar-refractivity contribution in [1.82, 2.24) is 20.2 Å². The van der Waals surface area contributed by atoms with Crippen molar-refractivity contribution in [2.24, 2.45) is 0 Å². The van der Waals surface area contributed by atoms with Crippen molar-refractivity contribution in [3.8, 4) is 0 Å².